The molecular formula is C15H15ClN2O3S2. The van der Waals surface area contributed by atoms with Crippen molar-refractivity contribution in [2.24, 2.45) is 0 Å². The van der Waals surface area contributed by atoms with Crippen LogP contribution in [0.2, 0.25) is 5.02 Å². The van der Waals surface area contributed by atoms with Crippen molar-refractivity contribution < 1.29 is 13.2 Å². The molecule has 0 fully saturated rings. The highest BCUT2D eigenvalue weighted by atomic mass is 35.5. The minimum absolute atomic E-state index is 0.0558. The second-order valence-corrected chi connectivity index (χ2v) is 7.68. The lowest BCUT2D eigenvalue weighted by atomic mass is 10.2. The van der Waals surface area contributed by atoms with Crippen molar-refractivity contribution in [2.45, 2.75) is 9.79 Å². The first-order valence-corrected chi connectivity index (χ1v) is 9.64. The van der Waals surface area contributed by atoms with Crippen LogP contribution >= 0.6 is 23.4 Å². The third-order valence-corrected chi connectivity index (χ3v) is 5.70. The molecule has 8 heteroatoms. The number of thioether (sulfide) groups is 1. The first-order chi connectivity index (χ1) is 10.9. The van der Waals surface area contributed by atoms with E-state index in [9.17, 15) is 13.2 Å². The second kappa shape index (κ2) is 7.35. The molecule has 2 rings (SSSR count). The number of rotatable bonds is 5. The zero-order valence-electron chi connectivity index (χ0n) is 12.5. The van der Waals surface area contributed by atoms with E-state index in [-0.39, 0.29) is 15.5 Å². The largest absolute Gasteiger partial charge is 0.322 e. The fourth-order valence-corrected chi connectivity index (χ4v) is 3.57. The van der Waals surface area contributed by atoms with Crippen molar-refractivity contribution in [3.05, 3.63) is 53.1 Å². The highest BCUT2D eigenvalue weighted by molar-refractivity contribution is 7.98. The van der Waals surface area contributed by atoms with Crippen molar-refractivity contribution in [3.8, 4) is 0 Å². The van der Waals surface area contributed by atoms with E-state index in [1.807, 2.05) is 24.5 Å². The number of carbonyl (C=O) groups excluding carboxylic acids is 1. The summed E-state index contributed by atoms with van der Waals surface area (Å²) >= 11 is 7.47. The van der Waals surface area contributed by atoms with Crippen LogP contribution in [-0.2, 0) is 10.0 Å². The summed E-state index contributed by atoms with van der Waals surface area (Å²) in [5, 5.41) is 2.79. The summed E-state index contributed by atoms with van der Waals surface area (Å²) in [5.41, 5.74) is 0.840. The lowest BCUT2D eigenvalue weighted by Gasteiger charge is -2.09. The van der Waals surface area contributed by atoms with Gasteiger partial charge in [-0.15, -0.1) is 11.8 Å². The van der Waals surface area contributed by atoms with Gasteiger partial charge in [-0.1, -0.05) is 17.7 Å². The number of hydrogen-bond acceptors (Lipinski definition) is 4. The molecule has 2 aromatic carbocycles. The molecule has 5 nitrogen and oxygen atoms in total. The molecular weight excluding hydrogens is 356 g/mol. The minimum Gasteiger partial charge on any atom is -0.322 e. The predicted molar refractivity (Wildman–Crippen MR) is 93.9 cm³/mol. The minimum atomic E-state index is -3.73. The second-order valence-electron chi connectivity index (χ2n) is 4.54. The van der Waals surface area contributed by atoms with Crippen molar-refractivity contribution in [3.63, 3.8) is 0 Å². The Morgan fingerprint density at radius 3 is 2.57 bits per heavy atom. The molecule has 0 saturated heterocycles. The van der Waals surface area contributed by atoms with Crippen molar-refractivity contribution >= 4 is 45.0 Å². The van der Waals surface area contributed by atoms with E-state index in [1.54, 1.807) is 17.8 Å². The monoisotopic (exact) mass is 370 g/mol. The van der Waals surface area contributed by atoms with E-state index in [0.29, 0.717) is 5.69 Å². The summed E-state index contributed by atoms with van der Waals surface area (Å²) in [5.74, 6) is -0.410. The van der Waals surface area contributed by atoms with Crippen LogP contribution in [0.1, 0.15) is 10.4 Å². The average Bonchev–Trinajstić information content (AvgIpc) is 2.55. The van der Waals surface area contributed by atoms with Crippen molar-refractivity contribution in [1.29, 1.82) is 0 Å². The highest BCUT2D eigenvalue weighted by Crippen LogP contribution is 2.24. The predicted octanol–water partition coefficient (Wildman–Crippen LogP) is 3.22. The highest BCUT2D eigenvalue weighted by Gasteiger charge is 2.18. The fraction of sp³-hybridized carbons (Fsp3) is 0.133. The van der Waals surface area contributed by atoms with E-state index in [2.05, 4.69) is 10.0 Å². The number of halogens is 1. The van der Waals surface area contributed by atoms with Gasteiger partial charge in [-0.3, -0.25) is 4.79 Å². The van der Waals surface area contributed by atoms with Gasteiger partial charge in [-0.05, 0) is 49.7 Å². The van der Waals surface area contributed by atoms with E-state index in [4.69, 9.17) is 11.6 Å². The third-order valence-electron chi connectivity index (χ3n) is 3.08. The zero-order chi connectivity index (χ0) is 17.0. The maximum Gasteiger partial charge on any atom is 0.255 e. The number of amides is 1. The first kappa shape index (κ1) is 17.8. The fourth-order valence-electron chi connectivity index (χ4n) is 1.86. The Morgan fingerprint density at radius 2 is 1.91 bits per heavy atom. The lowest BCUT2D eigenvalue weighted by Crippen LogP contribution is -2.20. The normalized spacial score (nSPS) is 11.3. The maximum atomic E-state index is 12.3. The zero-order valence-corrected chi connectivity index (χ0v) is 14.8. The summed E-state index contributed by atoms with van der Waals surface area (Å²) < 4.78 is 26.0. The Kier molecular flexibility index (Phi) is 5.69. The third kappa shape index (κ3) is 4.26. The Labute approximate surface area is 144 Å². The van der Waals surface area contributed by atoms with Crippen molar-refractivity contribution in [1.82, 2.24) is 4.72 Å². The van der Waals surface area contributed by atoms with Gasteiger partial charge in [0.2, 0.25) is 10.0 Å². The van der Waals surface area contributed by atoms with Gasteiger partial charge in [-0.2, -0.15) is 0 Å². The van der Waals surface area contributed by atoms with Crippen LogP contribution in [0.3, 0.4) is 0 Å². The molecule has 0 unspecified atom stereocenters. The van der Waals surface area contributed by atoms with Crippen LogP contribution in [0.15, 0.2) is 52.3 Å². The first-order valence-electron chi connectivity index (χ1n) is 6.56. The number of hydrogen-bond donors (Lipinski definition) is 2. The molecule has 0 aliphatic heterocycles. The topological polar surface area (TPSA) is 75.3 Å². The molecule has 2 aromatic rings. The van der Waals surface area contributed by atoms with Gasteiger partial charge in [0.25, 0.3) is 5.91 Å². The molecule has 1 amide bonds. The molecule has 0 aromatic heterocycles. The number of sulfonamides is 1. The molecule has 122 valence electrons. The molecule has 0 bridgehead atoms. The van der Waals surface area contributed by atoms with Gasteiger partial charge < -0.3 is 5.32 Å². The molecule has 0 saturated carbocycles. The standard InChI is InChI=1S/C15H15ClN2O3S2/c1-17-23(20,21)14-8-10(6-7-13(14)16)15(19)18-11-4-3-5-12(9-11)22-2/h3-9,17H,1-2H3,(H,18,19). The van der Waals surface area contributed by atoms with E-state index < -0.39 is 15.9 Å². The number of anilines is 1. The summed E-state index contributed by atoms with van der Waals surface area (Å²) in [6, 6.07) is 11.5. The summed E-state index contributed by atoms with van der Waals surface area (Å²) in [4.78, 5) is 13.2. The molecule has 0 aliphatic rings. The number of nitrogens with one attached hydrogen (secondary N) is 2. The Bertz CT molecular complexity index is 838. The summed E-state index contributed by atoms with van der Waals surface area (Å²) in [7, 11) is -2.45. The quantitative estimate of drug-likeness (QED) is 0.792. The number of carbonyl (C=O) groups is 1. The summed E-state index contributed by atoms with van der Waals surface area (Å²) in [6.07, 6.45) is 1.94. The van der Waals surface area contributed by atoms with Crippen molar-refractivity contribution in [2.75, 3.05) is 18.6 Å². The maximum absolute atomic E-state index is 12.3. The van der Waals surface area contributed by atoms with E-state index >= 15 is 0 Å². The van der Waals surface area contributed by atoms with Gasteiger partial charge in [-0.25, -0.2) is 13.1 Å². The Hall–Kier alpha value is -1.54. The van der Waals surface area contributed by atoms with Crippen LogP contribution in [0.4, 0.5) is 5.69 Å². The van der Waals surface area contributed by atoms with Crippen LogP contribution in [0.25, 0.3) is 0 Å². The molecule has 0 spiro atoms. The van der Waals surface area contributed by atoms with Gasteiger partial charge in [0, 0.05) is 16.1 Å². The molecule has 23 heavy (non-hydrogen) atoms. The average molecular weight is 371 g/mol. The van der Waals surface area contributed by atoms with Crippen LogP contribution in [0, 0.1) is 0 Å². The van der Waals surface area contributed by atoms with Gasteiger partial charge >= 0.3 is 0 Å². The Morgan fingerprint density at radius 1 is 1.17 bits per heavy atom. The molecule has 0 radical (unpaired) electrons. The summed E-state index contributed by atoms with van der Waals surface area (Å²) in [6.45, 7) is 0. The van der Waals surface area contributed by atoms with Crippen LogP contribution in [0.5, 0.6) is 0 Å². The Balaban J connectivity index is 2.31. The van der Waals surface area contributed by atoms with E-state index in [0.717, 1.165) is 4.90 Å². The SMILES string of the molecule is CNS(=O)(=O)c1cc(C(=O)Nc2cccc(SC)c2)ccc1Cl. The lowest BCUT2D eigenvalue weighted by molar-refractivity contribution is 0.102. The molecule has 2 N–H and O–H groups in total. The molecule has 0 aliphatic carbocycles. The van der Waals surface area contributed by atoms with Crippen LogP contribution < -0.4 is 10.0 Å². The molecule has 0 heterocycles. The van der Waals surface area contributed by atoms with Gasteiger partial charge in [0.05, 0.1) is 5.02 Å². The van der Waals surface area contributed by atoms with Crippen LogP contribution in [-0.4, -0.2) is 27.6 Å². The smallest absolute Gasteiger partial charge is 0.255 e. The van der Waals surface area contributed by atoms with E-state index in [1.165, 1.54) is 25.2 Å². The van der Waals surface area contributed by atoms with Gasteiger partial charge in [0.15, 0.2) is 0 Å². The van der Waals surface area contributed by atoms with Gasteiger partial charge in [0.1, 0.15) is 4.90 Å². The molecule has 0 atom stereocenters. The number of benzene rings is 2.